The van der Waals surface area contributed by atoms with Crippen LogP contribution in [0.4, 0.5) is 0 Å². The lowest BCUT2D eigenvalue weighted by Gasteiger charge is -2.28. The Hall–Kier alpha value is -1.81. The molecule has 0 aliphatic carbocycles. The number of aliphatic carboxylic acids is 1. The number of nitrogens with two attached hydrogens (primary N) is 1. The maximum Gasteiger partial charge on any atom is 0.326 e. The second-order valence-electron chi connectivity index (χ2n) is 9.02. The highest BCUT2D eigenvalue weighted by Gasteiger charge is 2.32. The number of thioether (sulfide) groups is 1. The van der Waals surface area contributed by atoms with E-state index >= 15 is 0 Å². The molecule has 0 aliphatic rings. The maximum atomic E-state index is 13.0. The number of hydrogen-bond donors (Lipinski definition) is 5. The summed E-state index contributed by atoms with van der Waals surface area (Å²) in [6.07, 6.45) is 3.28. The van der Waals surface area contributed by atoms with Gasteiger partial charge in [0.25, 0.3) is 0 Å². The molecule has 0 aromatic heterocycles. The normalized spacial score (nSPS) is 16.1. The van der Waals surface area contributed by atoms with Crippen molar-refractivity contribution in [1.29, 1.82) is 0 Å². The molecule has 0 saturated carbocycles. The highest BCUT2D eigenvalue weighted by atomic mass is 32.2. The molecule has 6 N–H and O–H groups in total. The van der Waals surface area contributed by atoms with Crippen LogP contribution in [0.15, 0.2) is 0 Å². The number of carboxylic acids is 1. The number of carboxylic acid groups (broad SMARTS) is 1. The Bertz CT molecular complexity index is 629. The van der Waals surface area contributed by atoms with Crippen LogP contribution in [0.3, 0.4) is 0 Å². The van der Waals surface area contributed by atoms with Crippen LogP contribution in [-0.4, -0.2) is 65.0 Å². The molecule has 10 heteroatoms. The molecule has 9 nitrogen and oxygen atoms in total. The van der Waals surface area contributed by atoms with Crippen LogP contribution >= 0.6 is 11.8 Å². The van der Waals surface area contributed by atoms with Gasteiger partial charge < -0.3 is 26.8 Å². The zero-order chi connectivity index (χ0) is 25.0. The largest absolute Gasteiger partial charge is 0.480 e. The minimum Gasteiger partial charge on any atom is -0.480 e. The van der Waals surface area contributed by atoms with Crippen LogP contribution in [0.25, 0.3) is 0 Å². The molecule has 0 spiro atoms. The molecular weight excluding hydrogens is 432 g/mol. The van der Waals surface area contributed by atoms with Gasteiger partial charge in [0, 0.05) is 0 Å². The predicted molar refractivity (Wildman–Crippen MR) is 128 cm³/mol. The topological polar surface area (TPSA) is 151 Å². The number of amides is 3. The summed E-state index contributed by atoms with van der Waals surface area (Å²) in [5, 5.41) is 17.4. The second-order valence-corrected chi connectivity index (χ2v) is 10.0. The Morgan fingerprint density at radius 2 is 1.47 bits per heavy atom. The van der Waals surface area contributed by atoms with E-state index < -0.39 is 47.9 Å². The van der Waals surface area contributed by atoms with Crippen molar-refractivity contribution in [2.45, 2.75) is 85.0 Å². The van der Waals surface area contributed by atoms with E-state index in [-0.39, 0.29) is 17.8 Å². The number of carbonyl (C=O) groups excluding carboxylic acids is 3. The molecular formula is C22H42N4O5S. The fourth-order valence-corrected chi connectivity index (χ4v) is 3.58. The van der Waals surface area contributed by atoms with Crippen LogP contribution in [0.2, 0.25) is 0 Å². The highest BCUT2D eigenvalue weighted by Crippen LogP contribution is 2.11. The lowest BCUT2D eigenvalue weighted by atomic mass is 9.98. The monoisotopic (exact) mass is 474 g/mol. The zero-order valence-corrected chi connectivity index (χ0v) is 21.3. The molecule has 0 heterocycles. The minimum absolute atomic E-state index is 0.231. The smallest absolute Gasteiger partial charge is 0.326 e. The van der Waals surface area contributed by atoms with Crippen LogP contribution in [-0.2, 0) is 19.2 Å². The Morgan fingerprint density at radius 3 is 1.91 bits per heavy atom. The van der Waals surface area contributed by atoms with Crippen molar-refractivity contribution in [3.8, 4) is 0 Å². The molecule has 0 saturated heterocycles. The average molecular weight is 475 g/mol. The van der Waals surface area contributed by atoms with Crippen molar-refractivity contribution in [2.24, 2.45) is 23.5 Å². The van der Waals surface area contributed by atoms with E-state index in [2.05, 4.69) is 16.0 Å². The fraction of sp³-hybridized carbons (Fsp3) is 0.818. The van der Waals surface area contributed by atoms with Crippen molar-refractivity contribution in [1.82, 2.24) is 16.0 Å². The van der Waals surface area contributed by atoms with Gasteiger partial charge in [-0.05, 0) is 42.6 Å². The molecule has 0 aromatic rings. The Kier molecular flexibility index (Phi) is 14.2. The molecule has 3 amide bonds. The number of nitrogens with one attached hydrogen (secondary N) is 3. The lowest BCUT2D eigenvalue weighted by Crippen LogP contribution is -2.59. The summed E-state index contributed by atoms with van der Waals surface area (Å²) in [6.45, 7) is 11.1. The third-order valence-corrected chi connectivity index (χ3v) is 5.97. The SMILES string of the molecule is CCC(C)C(NC(=O)C(CCSC)NC(=O)C(NC(=O)C(N)CC(C)C)C(C)C)C(=O)O. The van der Waals surface area contributed by atoms with Gasteiger partial charge in [0.2, 0.25) is 17.7 Å². The van der Waals surface area contributed by atoms with E-state index in [4.69, 9.17) is 5.73 Å². The van der Waals surface area contributed by atoms with Gasteiger partial charge in [0.15, 0.2) is 0 Å². The summed E-state index contributed by atoms with van der Waals surface area (Å²) in [7, 11) is 0. The summed E-state index contributed by atoms with van der Waals surface area (Å²) in [5.41, 5.74) is 5.94. The van der Waals surface area contributed by atoms with Gasteiger partial charge in [-0.15, -0.1) is 0 Å². The van der Waals surface area contributed by atoms with Gasteiger partial charge in [-0.1, -0.05) is 48.0 Å². The molecule has 186 valence electrons. The zero-order valence-electron chi connectivity index (χ0n) is 20.4. The van der Waals surface area contributed by atoms with Gasteiger partial charge in [-0.25, -0.2) is 4.79 Å². The molecule has 32 heavy (non-hydrogen) atoms. The molecule has 0 rings (SSSR count). The first-order chi connectivity index (χ1) is 14.8. The third-order valence-electron chi connectivity index (χ3n) is 5.33. The Morgan fingerprint density at radius 1 is 0.906 bits per heavy atom. The van der Waals surface area contributed by atoms with E-state index in [9.17, 15) is 24.3 Å². The third kappa shape index (κ3) is 10.7. The van der Waals surface area contributed by atoms with E-state index in [1.54, 1.807) is 20.8 Å². The molecule has 0 fully saturated rings. The van der Waals surface area contributed by atoms with Crippen molar-refractivity contribution >= 4 is 35.5 Å². The van der Waals surface area contributed by atoms with Crippen molar-refractivity contribution < 1.29 is 24.3 Å². The fourth-order valence-electron chi connectivity index (χ4n) is 3.11. The van der Waals surface area contributed by atoms with Crippen LogP contribution in [0.5, 0.6) is 0 Å². The highest BCUT2D eigenvalue weighted by molar-refractivity contribution is 7.98. The molecule has 0 aromatic carbocycles. The standard InChI is InChI=1S/C22H42N4O5S/c1-8-14(6)18(22(30)31)26-20(28)16(9-10-32-7)24-21(29)17(13(4)5)25-19(27)15(23)11-12(2)3/h12-18H,8-11,23H2,1-7H3,(H,24,29)(H,25,27)(H,26,28)(H,30,31). The lowest BCUT2D eigenvalue weighted by molar-refractivity contribution is -0.144. The number of carbonyl (C=O) groups is 4. The molecule has 0 radical (unpaired) electrons. The summed E-state index contributed by atoms with van der Waals surface area (Å²) in [5.74, 6) is -2.26. The quantitative estimate of drug-likeness (QED) is 0.240. The summed E-state index contributed by atoms with van der Waals surface area (Å²) >= 11 is 1.51. The average Bonchev–Trinajstić information content (AvgIpc) is 2.70. The van der Waals surface area contributed by atoms with E-state index in [0.717, 1.165) is 0 Å². The maximum absolute atomic E-state index is 13.0. The minimum atomic E-state index is -1.12. The molecule has 5 unspecified atom stereocenters. The van der Waals surface area contributed by atoms with Gasteiger partial charge >= 0.3 is 5.97 Å². The van der Waals surface area contributed by atoms with Crippen molar-refractivity contribution in [3.63, 3.8) is 0 Å². The van der Waals surface area contributed by atoms with Crippen LogP contribution in [0, 0.1) is 17.8 Å². The summed E-state index contributed by atoms with van der Waals surface area (Å²) in [4.78, 5) is 49.9. The Labute approximate surface area is 196 Å². The van der Waals surface area contributed by atoms with Crippen molar-refractivity contribution in [3.05, 3.63) is 0 Å². The van der Waals surface area contributed by atoms with Crippen molar-refractivity contribution in [2.75, 3.05) is 12.0 Å². The second kappa shape index (κ2) is 15.1. The van der Waals surface area contributed by atoms with E-state index in [1.807, 2.05) is 27.0 Å². The summed E-state index contributed by atoms with van der Waals surface area (Å²) < 4.78 is 0. The van der Waals surface area contributed by atoms with E-state index in [1.165, 1.54) is 11.8 Å². The molecule has 0 bridgehead atoms. The van der Waals surface area contributed by atoms with Gasteiger partial charge in [-0.2, -0.15) is 11.8 Å². The van der Waals surface area contributed by atoms with Gasteiger partial charge in [0.1, 0.15) is 18.1 Å². The van der Waals surface area contributed by atoms with Gasteiger partial charge in [0.05, 0.1) is 6.04 Å². The first-order valence-corrected chi connectivity index (χ1v) is 12.6. The number of rotatable bonds is 15. The summed E-state index contributed by atoms with van der Waals surface area (Å²) in [6, 6.07) is -3.55. The molecule has 5 atom stereocenters. The first kappa shape index (κ1) is 30.2. The van der Waals surface area contributed by atoms with Crippen LogP contribution < -0.4 is 21.7 Å². The van der Waals surface area contributed by atoms with Gasteiger partial charge in [-0.3, -0.25) is 14.4 Å². The number of hydrogen-bond acceptors (Lipinski definition) is 6. The Balaban J connectivity index is 5.42. The molecule has 0 aliphatic heterocycles. The predicted octanol–water partition coefficient (Wildman–Crippen LogP) is 1.35. The van der Waals surface area contributed by atoms with Crippen LogP contribution in [0.1, 0.15) is 60.8 Å². The van der Waals surface area contributed by atoms with E-state index in [0.29, 0.717) is 25.0 Å². The first-order valence-electron chi connectivity index (χ1n) is 11.2.